The minimum Gasteiger partial charge on any atom is -0.497 e. The Morgan fingerprint density at radius 1 is 1.00 bits per heavy atom. The number of aryl methyl sites for hydroxylation is 1. The quantitative estimate of drug-likeness (QED) is 0.851. The highest BCUT2D eigenvalue weighted by Gasteiger charge is 2.19. The van der Waals surface area contributed by atoms with Crippen LogP contribution in [0.4, 0.5) is 13.2 Å². The summed E-state index contributed by atoms with van der Waals surface area (Å²) < 4.78 is 44.5. The number of halogens is 3. The van der Waals surface area contributed by atoms with Gasteiger partial charge in [-0.15, -0.1) is 0 Å². The Kier molecular flexibility index (Phi) is 4.85. The summed E-state index contributed by atoms with van der Waals surface area (Å²) in [5.74, 6) is -3.45. The largest absolute Gasteiger partial charge is 0.497 e. The van der Waals surface area contributed by atoms with Gasteiger partial charge in [-0.2, -0.15) is 0 Å². The van der Waals surface area contributed by atoms with Crippen LogP contribution in [0.25, 0.3) is 0 Å². The summed E-state index contributed by atoms with van der Waals surface area (Å²) >= 11 is 0. The molecule has 0 amide bonds. The molecule has 2 aromatic rings. The Hall–Kier alpha value is -2.01. The van der Waals surface area contributed by atoms with Crippen LogP contribution in [0, 0.1) is 17.5 Å². The summed E-state index contributed by atoms with van der Waals surface area (Å²) in [6.07, 6.45) is -0.514. The second kappa shape index (κ2) is 6.63. The van der Waals surface area contributed by atoms with Gasteiger partial charge in [0.15, 0.2) is 17.5 Å². The van der Waals surface area contributed by atoms with E-state index < -0.39 is 23.6 Å². The van der Waals surface area contributed by atoms with E-state index in [1.807, 2.05) is 12.1 Å². The fourth-order valence-electron chi connectivity index (χ4n) is 2.05. The molecule has 0 bridgehead atoms. The minimum atomic E-state index is -1.56. The molecule has 1 atom stereocenters. The van der Waals surface area contributed by atoms with Crippen LogP contribution in [0.3, 0.4) is 0 Å². The molecule has 1 N–H and O–H groups in total. The van der Waals surface area contributed by atoms with Gasteiger partial charge in [0.2, 0.25) is 0 Å². The molecule has 2 nitrogen and oxygen atoms in total. The predicted octanol–water partition coefficient (Wildman–Crippen LogP) is 3.78. The first kappa shape index (κ1) is 15.4. The number of ether oxygens (including phenoxy) is 1. The summed E-state index contributed by atoms with van der Waals surface area (Å²) in [5.41, 5.74) is 0.695. The van der Waals surface area contributed by atoms with Gasteiger partial charge in [-0.25, -0.2) is 13.2 Å². The first-order valence-electron chi connectivity index (χ1n) is 6.47. The van der Waals surface area contributed by atoms with Gasteiger partial charge in [0.1, 0.15) is 5.75 Å². The topological polar surface area (TPSA) is 29.5 Å². The number of methoxy groups -OCH3 is 1. The van der Waals surface area contributed by atoms with E-state index in [1.165, 1.54) is 0 Å². The van der Waals surface area contributed by atoms with Gasteiger partial charge >= 0.3 is 0 Å². The van der Waals surface area contributed by atoms with Crippen LogP contribution < -0.4 is 4.74 Å². The molecule has 0 aliphatic carbocycles. The fourth-order valence-corrected chi connectivity index (χ4v) is 2.05. The molecule has 0 aliphatic rings. The smallest absolute Gasteiger partial charge is 0.194 e. The molecule has 1 unspecified atom stereocenters. The van der Waals surface area contributed by atoms with E-state index in [0.29, 0.717) is 12.2 Å². The van der Waals surface area contributed by atoms with Crippen molar-refractivity contribution in [3.8, 4) is 5.75 Å². The van der Waals surface area contributed by atoms with E-state index >= 15 is 0 Å². The maximum absolute atomic E-state index is 13.5. The maximum atomic E-state index is 13.5. The Balaban J connectivity index is 2.04. The molecular weight excluding hydrogens is 281 g/mol. The van der Waals surface area contributed by atoms with E-state index in [2.05, 4.69) is 0 Å². The zero-order chi connectivity index (χ0) is 15.4. The number of benzene rings is 2. The van der Waals surface area contributed by atoms with Crippen LogP contribution in [0.1, 0.15) is 23.7 Å². The number of rotatable bonds is 5. The van der Waals surface area contributed by atoms with E-state index in [1.54, 1.807) is 19.2 Å². The summed E-state index contributed by atoms with van der Waals surface area (Å²) in [7, 11) is 1.56. The second-order valence-electron chi connectivity index (χ2n) is 4.67. The lowest BCUT2D eigenvalue weighted by Crippen LogP contribution is -2.05. The van der Waals surface area contributed by atoms with Crippen LogP contribution in [0.15, 0.2) is 36.4 Å². The van der Waals surface area contributed by atoms with Crippen LogP contribution >= 0.6 is 0 Å². The number of aliphatic hydroxyl groups excluding tert-OH is 1. The van der Waals surface area contributed by atoms with Crippen molar-refractivity contribution in [1.29, 1.82) is 0 Å². The maximum Gasteiger partial charge on any atom is 0.194 e. The fraction of sp³-hybridized carbons (Fsp3) is 0.250. The summed E-state index contributed by atoms with van der Waals surface area (Å²) in [4.78, 5) is 0. The minimum absolute atomic E-state index is 0.203. The second-order valence-corrected chi connectivity index (χ2v) is 4.67. The molecule has 21 heavy (non-hydrogen) atoms. The lowest BCUT2D eigenvalue weighted by molar-refractivity contribution is 0.161. The van der Waals surface area contributed by atoms with Crippen molar-refractivity contribution in [3.63, 3.8) is 0 Å². The Morgan fingerprint density at radius 2 is 1.67 bits per heavy atom. The van der Waals surface area contributed by atoms with Crippen molar-refractivity contribution in [2.24, 2.45) is 0 Å². The van der Waals surface area contributed by atoms with Crippen molar-refractivity contribution in [1.82, 2.24) is 0 Å². The predicted molar refractivity (Wildman–Crippen MR) is 72.6 cm³/mol. The van der Waals surface area contributed by atoms with Gasteiger partial charge in [-0.05, 0) is 36.6 Å². The van der Waals surface area contributed by atoms with Crippen molar-refractivity contribution < 1.29 is 23.0 Å². The lowest BCUT2D eigenvalue weighted by atomic mass is 10.0. The van der Waals surface area contributed by atoms with Crippen molar-refractivity contribution in [2.75, 3.05) is 7.11 Å². The Labute approximate surface area is 120 Å². The highest BCUT2D eigenvalue weighted by molar-refractivity contribution is 5.28. The van der Waals surface area contributed by atoms with Gasteiger partial charge in [0.25, 0.3) is 0 Å². The van der Waals surface area contributed by atoms with Crippen LogP contribution in [0.2, 0.25) is 0 Å². The molecule has 2 aromatic carbocycles. The molecule has 0 fully saturated rings. The monoisotopic (exact) mass is 296 g/mol. The molecule has 112 valence electrons. The molecule has 0 aliphatic heterocycles. The van der Waals surface area contributed by atoms with Crippen LogP contribution in [-0.2, 0) is 6.42 Å². The standard InChI is InChI=1S/C16H15F3O2/c1-21-11-5-2-10(3-6-11)4-9-14(20)12-7-8-13(17)16(19)15(12)18/h2-3,5-8,14,20H,4,9H2,1H3. The first-order chi connectivity index (χ1) is 10.0. The molecule has 0 radical (unpaired) electrons. The number of hydrogen-bond donors (Lipinski definition) is 1. The Bertz CT molecular complexity index is 612. The third kappa shape index (κ3) is 3.55. The molecule has 2 rings (SSSR count). The zero-order valence-corrected chi connectivity index (χ0v) is 11.4. The molecule has 0 saturated heterocycles. The van der Waals surface area contributed by atoms with Gasteiger partial charge in [-0.1, -0.05) is 18.2 Å². The van der Waals surface area contributed by atoms with Gasteiger partial charge in [0.05, 0.1) is 13.2 Å². The van der Waals surface area contributed by atoms with Crippen LogP contribution in [0.5, 0.6) is 5.75 Å². The highest BCUT2D eigenvalue weighted by atomic mass is 19.2. The van der Waals surface area contributed by atoms with Crippen molar-refractivity contribution in [3.05, 3.63) is 65.0 Å². The average molecular weight is 296 g/mol. The molecular formula is C16H15F3O2. The Morgan fingerprint density at radius 3 is 2.29 bits per heavy atom. The number of hydrogen-bond acceptors (Lipinski definition) is 2. The van der Waals surface area contributed by atoms with Crippen molar-refractivity contribution in [2.45, 2.75) is 18.9 Å². The van der Waals surface area contributed by atoms with E-state index in [0.717, 1.165) is 17.7 Å². The molecule has 0 saturated carbocycles. The molecule has 0 heterocycles. The third-order valence-electron chi connectivity index (χ3n) is 3.29. The van der Waals surface area contributed by atoms with E-state index in [-0.39, 0.29) is 12.0 Å². The zero-order valence-electron chi connectivity index (χ0n) is 11.4. The SMILES string of the molecule is COc1ccc(CCC(O)c2ccc(F)c(F)c2F)cc1. The van der Waals surface area contributed by atoms with E-state index in [4.69, 9.17) is 4.74 Å². The summed E-state index contributed by atoms with van der Waals surface area (Å²) in [6, 6.07) is 9.08. The lowest BCUT2D eigenvalue weighted by Gasteiger charge is -2.12. The molecule has 0 aromatic heterocycles. The normalized spacial score (nSPS) is 12.2. The van der Waals surface area contributed by atoms with E-state index in [9.17, 15) is 18.3 Å². The third-order valence-corrected chi connectivity index (χ3v) is 3.29. The first-order valence-corrected chi connectivity index (χ1v) is 6.47. The number of aliphatic hydroxyl groups is 1. The van der Waals surface area contributed by atoms with Crippen LogP contribution in [-0.4, -0.2) is 12.2 Å². The average Bonchev–Trinajstić information content (AvgIpc) is 2.51. The summed E-state index contributed by atoms with van der Waals surface area (Å²) in [5, 5.41) is 9.92. The van der Waals surface area contributed by atoms with Gasteiger partial charge in [-0.3, -0.25) is 0 Å². The van der Waals surface area contributed by atoms with Gasteiger partial charge < -0.3 is 9.84 Å². The highest BCUT2D eigenvalue weighted by Crippen LogP contribution is 2.25. The summed E-state index contributed by atoms with van der Waals surface area (Å²) in [6.45, 7) is 0. The molecule has 5 heteroatoms. The van der Waals surface area contributed by atoms with Crippen molar-refractivity contribution >= 4 is 0 Å². The van der Waals surface area contributed by atoms with Gasteiger partial charge in [0, 0.05) is 5.56 Å². The molecule has 0 spiro atoms.